The zero-order chi connectivity index (χ0) is 15.6. The highest BCUT2D eigenvalue weighted by Crippen LogP contribution is 2.36. The van der Waals surface area contributed by atoms with Crippen LogP contribution >= 0.6 is 27.5 Å². The number of benzene rings is 1. The van der Waals surface area contributed by atoms with Crippen LogP contribution in [0.15, 0.2) is 34.8 Å². The van der Waals surface area contributed by atoms with Crippen molar-refractivity contribution in [1.82, 2.24) is 4.98 Å². The van der Waals surface area contributed by atoms with Crippen LogP contribution in [-0.4, -0.2) is 14.8 Å². The maximum absolute atomic E-state index is 10.8. The highest BCUT2D eigenvalue weighted by molar-refractivity contribution is 9.10. The topological polar surface area (TPSA) is 108 Å². The fraction of sp³-hybridized carbons (Fsp3) is 0. The quantitative estimate of drug-likeness (QED) is 0.453. The Bertz CT molecular complexity index is 740. The molecule has 1 aromatic heterocycles. The van der Waals surface area contributed by atoms with Gasteiger partial charge >= 0.3 is 0 Å². The lowest BCUT2D eigenvalue weighted by molar-refractivity contribution is -0.385. The molecule has 0 N–H and O–H groups in total. The number of rotatable bonds is 4. The van der Waals surface area contributed by atoms with Crippen LogP contribution in [0.5, 0.6) is 11.6 Å². The van der Waals surface area contributed by atoms with Gasteiger partial charge in [-0.2, -0.15) is 0 Å². The summed E-state index contributed by atoms with van der Waals surface area (Å²) in [7, 11) is 0. The van der Waals surface area contributed by atoms with Gasteiger partial charge in [-0.3, -0.25) is 20.2 Å². The highest BCUT2D eigenvalue weighted by atomic mass is 79.9. The molecule has 0 amide bonds. The van der Waals surface area contributed by atoms with Crippen molar-refractivity contribution < 1.29 is 14.6 Å². The van der Waals surface area contributed by atoms with Crippen LogP contribution in [0, 0.1) is 20.2 Å². The number of hydrogen-bond acceptors (Lipinski definition) is 6. The van der Waals surface area contributed by atoms with Crippen LogP contribution in [0.4, 0.5) is 11.4 Å². The normalized spacial score (nSPS) is 10.2. The second-order valence-corrected chi connectivity index (χ2v) is 4.87. The molecule has 1 heterocycles. The molecule has 10 heteroatoms. The molecule has 0 unspecified atom stereocenters. The van der Waals surface area contributed by atoms with E-state index in [1.165, 1.54) is 18.2 Å². The van der Waals surface area contributed by atoms with Crippen molar-refractivity contribution >= 4 is 38.9 Å². The first-order chi connectivity index (χ1) is 9.88. The van der Waals surface area contributed by atoms with E-state index in [0.717, 1.165) is 12.1 Å². The molecule has 1 aromatic carbocycles. The van der Waals surface area contributed by atoms with Crippen molar-refractivity contribution in [2.24, 2.45) is 0 Å². The monoisotopic (exact) mass is 373 g/mol. The van der Waals surface area contributed by atoms with Gasteiger partial charge in [-0.05, 0) is 22.0 Å². The predicted molar refractivity (Wildman–Crippen MR) is 76.8 cm³/mol. The molecular formula is C11H5BrClN3O5. The molecule has 0 fully saturated rings. The maximum Gasteiger partial charge on any atom is 0.287 e. The minimum Gasteiger partial charge on any atom is -0.437 e. The SMILES string of the molecule is O=[N+]([O-])c1cc(Cl)nc(Oc2cccc([N+](=O)[O-])c2Br)c1. The van der Waals surface area contributed by atoms with Gasteiger partial charge in [-0.25, -0.2) is 4.98 Å². The minimum atomic E-state index is -0.650. The molecule has 2 rings (SSSR count). The third-order valence-corrected chi connectivity index (χ3v) is 3.31. The Morgan fingerprint density at radius 1 is 1.19 bits per heavy atom. The van der Waals surface area contributed by atoms with Gasteiger partial charge in [0.1, 0.15) is 9.63 Å². The van der Waals surface area contributed by atoms with Gasteiger partial charge in [0.15, 0.2) is 5.75 Å². The van der Waals surface area contributed by atoms with Crippen molar-refractivity contribution in [2.45, 2.75) is 0 Å². The molecule has 108 valence electrons. The van der Waals surface area contributed by atoms with Gasteiger partial charge in [0.2, 0.25) is 5.88 Å². The Labute approximate surface area is 130 Å². The molecule has 0 aliphatic heterocycles. The van der Waals surface area contributed by atoms with E-state index in [9.17, 15) is 20.2 Å². The largest absolute Gasteiger partial charge is 0.437 e. The van der Waals surface area contributed by atoms with Crippen LogP contribution in [0.25, 0.3) is 0 Å². The highest BCUT2D eigenvalue weighted by Gasteiger charge is 2.18. The van der Waals surface area contributed by atoms with Gasteiger partial charge < -0.3 is 4.74 Å². The summed E-state index contributed by atoms with van der Waals surface area (Å²) in [5.74, 6) is -0.0522. The third-order valence-electron chi connectivity index (χ3n) is 2.32. The number of nitro groups is 2. The van der Waals surface area contributed by atoms with Crippen LogP contribution in [-0.2, 0) is 0 Å². The van der Waals surface area contributed by atoms with E-state index >= 15 is 0 Å². The Balaban J connectivity index is 2.41. The van der Waals surface area contributed by atoms with Crippen LogP contribution in [0.3, 0.4) is 0 Å². The zero-order valence-corrected chi connectivity index (χ0v) is 12.4. The van der Waals surface area contributed by atoms with E-state index in [4.69, 9.17) is 16.3 Å². The van der Waals surface area contributed by atoms with Gasteiger partial charge in [0, 0.05) is 6.07 Å². The molecular weight excluding hydrogens is 369 g/mol. The predicted octanol–water partition coefficient (Wildman–Crippen LogP) is 4.11. The van der Waals surface area contributed by atoms with Crippen LogP contribution in [0.1, 0.15) is 0 Å². The molecule has 0 aliphatic carbocycles. The zero-order valence-electron chi connectivity index (χ0n) is 10.0. The fourth-order valence-corrected chi connectivity index (χ4v) is 2.13. The summed E-state index contributed by atoms with van der Waals surface area (Å²) in [5, 5.41) is 21.4. The first-order valence-electron chi connectivity index (χ1n) is 5.31. The number of pyridine rings is 1. The van der Waals surface area contributed by atoms with Crippen molar-refractivity contribution in [3.05, 3.63) is 60.2 Å². The summed E-state index contributed by atoms with van der Waals surface area (Å²) in [6.07, 6.45) is 0. The summed E-state index contributed by atoms with van der Waals surface area (Å²) in [6, 6.07) is 6.28. The first kappa shape index (κ1) is 15.1. The van der Waals surface area contributed by atoms with Gasteiger partial charge in [0.05, 0.1) is 22.0 Å². The molecule has 21 heavy (non-hydrogen) atoms. The van der Waals surface area contributed by atoms with E-state index in [-0.39, 0.29) is 32.6 Å². The smallest absolute Gasteiger partial charge is 0.287 e. The van der Waals surface area contributed by atoms with E-state index in [1.54, 1.807) is 0 Å². The molecule has 2 aromatic rings. The lowest BCUT2D eigenvalue weighted by atomic mass is 10.3. The maximum atomic E-state index is 10.8. The molecule has 8 nitrogen and oxygen atoms in total. The molecule has 0 saturated carbocycles. The summed E-state index contributed by atoms with van der Waals surface area (Å²) >= 11 is 8.71. The number of hydrogen-bond donors (Lipinski definition) is 0. The summed E-state index contributed by atoms with van der Waals surface area (Å²) < 4.78 is 5.42. The van der Waals surface area contributed by atoms with Crippen molar-refractivity contribution in [1.29, 1.82) is 0 Å². The van der Waals surface area contributed by atoms with Crippen molar-refractivity contribution in [3.63, 3.8) is 0 Å². The van der Waals surface area contributed by atoms with E-state index < -0.39 is 9.85 Å². The number of ether oxygens (including phenoxy) is 1. The Hall–Kier alpha value is -2.26. The molecule has 0 bridgehead atoms. The standard InChI is InChI=1S/C11H5BrClN3O5/c12-11-7(16(19)20)2-1-3-8(11)21-10-5-6(15(17)18)4-9(13)14-10/h1-5H. The lowest BCUT2D eigenvalue weighted by Gasteiger charge is -2.07. The summed E-state index contributed by atoms with van der Waals surface area (Å²) in [5.41, 5.74) is -0.504. The summed E-state index contributed by atoms with van der Waals surface area (Å²) in [6.45, 7) is 0. The second kappa shape index (κ2) is 6.02. The van der Waals surface area contributed by atoms with Crippen LogP contribution < -0.4 is 4.74 Å². The molecule has 0 atom stereocenters. The van der Waals surface area contributed by atoms with Crippen molar-refractivity contribution in [2.75, 3.05) is 0 Å². The molecule has 0 aliphatic rings. The Kier molecular flexibility index (Phi) is 4.34. The Morgan fingerprint density at radius 3 is 2.52 bits per heavy atom. The van der Waals surface area contributed by atoms with Gasteiger partial charge in [-0.1, -0.05) is 17.7 Å². The molecule has 0 radical (unpaired) electrons. The molecule has 0 saturated heterocycles. The third kappa shape index (κ3) is 3.44. The van der Waals surface area contributed by atoms with E-state index in [0.29, 0.717) is 0 Å². The average Bonchev–Trinajstić information content (AvgIpc) is 2.40. The number of halogens is 2. The van der Waals surface area contributed by atoms with Crippen molar-refractivity contribution in [3.8, 4) is 11.6 Å². The van der Waals surface area contributed by atoms with Gasteiger partial charge in [0.25, 0.3) is 11.4 Å². The minimum absolute atomic E-state index is 0.0910. The average molecular weight is 375 g/mol. The van der Waals surface area contributed by atoms with E-state index in [2.05, 4.69) is 20.9 Å². The molecule has 0 spiro atoms. The second-order valence-electron chi connectivity index (χ2n) is 3.69. The summed E-state index contributed by atoms with van der Waals surface area (Å²) in [4.78, 5) is 24.1. The van der Waals surface area contributed by atoms with Gasteiger partial charge in [-0.15, -0.1) is 0 Å². The lowest BCUT2D eigenvalue weighted by Crippen LogP contribution is -1.95. The number of nitrogens with zero attached hydrogens (tertiary/aromatic N) is 3. The number of nitro benzene ring substituents is 1. The first-order valence-corrected chi connectivity index (χ1v) is 6.48. The number of aromatic nitrogens is 1. The Morgan fingerprint density at radius 2 is 1.90 bits per heavy atom. The van der Waals surface area contributed by atoms with E-state index in [1.807, 2.05) is 0 Å². The fourth-order valence-electron chi connectivity index (χ4n) is 1.45. The van der Waals surface area contributed by atoms with Crippen LogP contribution in [0.2, 0.25) is 5.15 Å².